The zero-order chi connectivity index (χ0) is 25.6. The van der Waals surface area contributed by atoms with E-state index in [9.17, 15) is 23.1 Å². The third-order valence-corrected chi connectivity index (χ3v) is 6.41. The van der Waals surface area contributed by atoms with Crippen molar-refractivity contribution in [2.24, 2.45) is 0 Å². The molecule has 36 heavy (non-hydrogen) atoms. The van der Waals surface area contributed by atoms with Crippen molar-refractivity contribution in [3.63, 3.8) is 0 Å². The molecule has 0 spiro atoms. The SMILES string of the molecule is COCCN(Cc1ccc(SC(C)(C)C(=O)O)cc1)c1cc(-c2cccc(C(F)(F)F)c2)ncn1.Cl. The summed E-state index contributed by atoms with van der Waals surface area (Å²) in [5.74, 6) is -0.340. The molecule has 2 aromatic carbocycles. The number of aliphatic carboxylic acids is 1. The number of nitrogens with zero attached hydrogens (tertiary/aromatic N) is 3. The minimum absolute atomic E-state index is 0. The first-order valence-electron chi connectivity index (χ1n) is 10.7. The number of halogens is 4. The Hall–Kier alpha value is -2.82. The van der Waals surface area contributed by atoms with Gasteiger partial charge in [0.1, 0.15) is 16.9 Å². The van der Waals surface area contributed by atoms with Gasteiger partial charge in [0.25, 0.3) is 0 Å². The highest BCUT2D eigenvalue weighted by Gasteiger charge is 2.30. The Labute approximate surface area is 218 Å². The molecule has 194 valence electrons. The van der Waals surface area contributed by atoms with Crippen molar-refractivity contribution in [2.75, 3.05) is 25.2 Å². The molecule has 3 aromatic rings. The summed E-state index contributed by atoms with van der Waals surface area (Å²) in [7, 11) is 1.59. The number of ether oxygens (including phenoxy) is 1. The van der Waals surface area contributed by atoms with E-state index >= 15 is 0 Å². The van der Waals surface area contributed by atoms with Crippen LogP contribution in [0.4, 0.5) is 19.0 Å². The fraction of sp³-hybridized carbons (Fsp3) is 0.320. The van der Waals surface area contributed by atoms with Crippen molar-refractivity contribution in [3.8, 4) is 11.3 Å². The minimum Gasteiger partial charge on any atom is -0.480 e. The molecule has 1 heterocycles. The Balaban J connectivity index is 0.00000456. The van der Waals surface area contributed by atoms with Crippen LogP contribution in [0.1, 0.15) is 25.0 Å². The van der Waals surface area contributed by atoms with Gasteiger partial charge in [0, 0.05) is 36.7 Å². The molecule has 0 saturated heterocycles. The molecule has 0 radical (unpaired) electrons. The maximum Gasteiger partial charge on any atom is 0.416 e. The van der Waals surface area contributed by atoms with Crippen molar-refractivity contribution in [1.29, 1.82) is 0 Å². The van der Waals surface area contributed by atoms with E-state index in [-0.39, 0.29) is 12.4 Å². The lowest BCUT2D eigenvalue weighted by Crippen LogP contribution is -2.28. The molecule has 0 fully saturated rings. The molecule has 0 bridgehead atoms. The summed E-state index contributed by atoms with van der Waals surface area (Å²) in [6.07, 6.45) is -3.11. The van der Waals surface area contributed by atoms with Crippen molar-refractivity contribution in [1.82, 2.24) is 9.97 Å². The molecule has 3 rings (SSSR count). The van der Waals surface area contributed by atoms with Crippen LogP contribution in [-0.4, -0.2) is 46.1 Å². The lowest BCUT2D eigenvalue weighted by molar-refractivity contribution is -0.139. The summed E-state index contributed by atoms with van der Waals surface area (Å²) in [4.78, 5) is 22.7. The highest BCUT2D eigenvalue weighted by atomic mass is 35.5. The van der Waals surface area contributed by atoms with E-state index in [1.54, 1.807) is 33.1 Å². The summed E-state index contributed by atoms with van der Waals surface area (Å²) in [6.45, 7) is 4.69. The number of carboxylic acids is 1. The second-order valence-corrected chi connectivity index (χ2v) is 10.0. The summed E-state index contributed by atoms with van der Waals surface area (Å²) in [5, 5.41) is 9.34. The quantitative estimate of drug-likeness (QED) is 0.307. The Kier molecular flexibility index (Phi) is 10.2. The van der Waals surface area contributed by atoms with Crippen LogP contribution >= 0.6 is 24.2 Å². The van der Waals surface area contributed by atoms with Gasteiger partial charge in [-0.05, 0) is 43.7 Å². The number of carboxylic acid groups (broad SMARTS) is 1. The van der Waals surface area contributed by atoms with Gasteiger partial charge in [0.2, 0.25) is 0 Å². The number of carbonyl (C=O) groups is 1. The topological polar surface area (TPSA) is 75.5 Å². The molecular weight excluding hydrogens is 515 g/mol. The van der Waals surface area contributed by atoms with Gasteiger partial charge in [-0.2, -0.15) is 13.2 Å². The molecule has 0 unspecified atom stereocenters. The standard InChI is InChI=1S/C25H26F3N3O3S.ClH/c1-24(2,23(32)33)35-20-9-7-17(8-10-20)15-31(11-12-34-3)22-14-21(29-16-30-22)18-5-4-6-19(13-18)25(26,27)28;/h4-10,13-14,16H,11-12,15H2,1-3H3,(H,32,33);1H. The predicted octanol–water partition coefficient (Wildman–Crippen LogP) is 6.19. The number of alkyl halides is 3. The Bertz CT molecular complexity index is 1160. The third-order valence-electron chi connectivity index (χ3n) is 5.21. The minimum atomic E-state index is -4.44. The van der Waals surface area contributed by atoms with Gasteiger partial charge in [0.15, 0.2) is 0 Å². The van der Waals surface area contributed by atoms with E-state index in [2.05, 4.69) is 9.97 Å². The van der Waals surface area contributed by atoms with Crippen molar-refractivity contribution < 1.29 is 27.8 Å². The van der Waals surface area contributed by atoms with Gasteiger partial charge in [0.05, 0.1) is 17.9 Å². The van der Waals surface area contributed by atoms with Gasteiger partial charge in [-0.15, -0.1) is 24.2 Å². The number of hydrogen-bond donors (Lipinski definition) is 1. The number of thioether (sulfide) groups is 1. The second kappa shape index (κ2) is 12.4. The second-order valence-electron chi connectivity index (χ2n) is 8.32. The number of benzene rings is 2. The number of methoxy groups -OCH3 is 1. The Morgan fingerprint density at radius 1 is 1.08 bits per heavy atom. The Morgan fingerprint density at radius 3 is 2.39 bits per heavy atom. The number of rotatable bonds is 10. The molecule has 0 aliphatic rings. The van der Waals surface area contributed by atoms with Crippen LogP contribution < -0.4 is 4.90 Å². The van der Waals surface area contributed by atoms with Gasteiger partial charge in [-0.1, -0.05) is 24.3 Å². The highest BCUT2D eigenvalue weighted by molar-refractivity contribution is 8.01. The molecule has 0 amide bonds. The molecule has 11 heteroatoms. The molecule has 0 atom stereocenters. The van der Waals surface area contributed by atoms with Crippen LogP contribution in [0.5, 0.6) is 0 Å². The van der Waals surface area contributed by atoms with E-state index in [0.29, 0.717) is 36.8 Å². The van der Waals surface area contributed by atoms with Crippen molar-refractivity contribution in [3.05, 3.63) is 72.1 Å². The van der Waals surface area contributed by atoms with E-state index in [1.165, 1.54) is 24.2 Å². The maximum absolute atomic E-state index is 13.1. The largest absolute Gasteiger partial charge is 0.480 e. The molecule has 1 aromatic heterocycles. The predicted molar refractivity (Wildman–Crippen MR) is 137 cm³/mol. The van der Waals surface area contributed by atoms with Gasteiger partial charge >= 0.3 is 12.1 Å². The molecule has 0 aliphatic carbocycles. The summed E-state index contributed by atoms with van der Waals surface area (Å²) < 4.78 is 43.7. The maximum atomic E-state index is 13.1. The van der Waals surface area contributed by atoms with Crippen LogP contribution in [0.3, 0.4) is 0 Å². The number of aromatic nitrogens is 2. The van der Waals surface area contributed by atoms with Gasteiger partial charge in [-0.3, -0.25) is 4.79 Å². The smallest absolute Gasteiger partial charge is 0.416 e. The zero-order valence-corrected chi connectivity index (χ0v) is 21.6. The summed E-state index contributed by atoms with van der Waals surface area (Å²) in [5.41, 5.74) is 0.942. The lowest BCUT2D eigenvalue weighted by atomic mass is 10.1. The van der Waals surface area contributed by atoms with Crippen LogP contribution in [0, 0.1) is 0 Å². The van der Waals surface area contributed by atoms with E-state index < -0.39 is 22.5 Å². The average molecular weight is 542 g/mol. The first-order valence-corrected chi connectivity index (χ1v) is 11.6. The normalized spacial score (nSPS) is 11.6. The van der Waals surface area contributed by atoms with E-state index in [0.717, 1.165) is 22.6 Å². The van der Waals surface area contributed by atoms with E-state index in [4.69, 9.17) is 4.74 Å². The molecular formula is C25H27ClF3N3O3S. The van der Waals surface area contributed by atoms with Crippen molar-refractivity contribution in [2.45, 2.75) is 36.2 Å². The zero-order valence-electron chi connectivity index (χ0n) is 20.0. The van der Waals surface area contributed by atoms with Crippen LogP contribution in [0.15, 0.2) is 65.8 Å². The monoisotopic (exact) mass is 541 g/mol. The molecule has 1 N–H and O–H groups in total. The van der Waals surface area contributed by atoms with Crippen LogP contribution in [0.25, 0.3) is 11.3 Å². The Morgan fingerprint density at radius 2 is 1.78 bits per heavy atom. The van der Waals surface area contributed by atoms with Crippen molar-refractivity contribution >= 4 is 36.0 Å². The van der Waals surface area contributed by atoms with Gasteiger partial charge in [-0.25, -0.2) is 9.97 Å². The number of anilines is 1. The fourth-order valence-electron chi connectivity index (χ4n) is 3.23. The molecule has 0 aliphatic heterocycles. The first kappa shape index (κ1) is 29.4. The van der Waals surface area contributed by atoms with Crippen LogP contribution in [-0.2, 0) is 22.3 Å². The third kappa shape index (κ3) is 7.84. The molecule has 0 saturated carbocycles. The van der Waals surface area contributed by atoms with Crippen LogP contribution in [0.2, 0.25) is 0 Å². The molecule has 6 nitrogen and oxygen atoms in total. The highest BCUT2D eigenvalue weighted by Crippen LogP contribution is 2.34. The fourth-order valence-corrected chi connectivity index (χ4v) is 4.18. The first-order chi connectivity index (χ1) is 16.5. The lowest BCUT2D eigenvalue weighted by Gasteiger charge is -2.24. The van der Waals surface area contributed by atoms with E-state index in [1.807, 2.05) is 29.2 Å². The number of hydrogen-bond acceptors (Lipinski definition) is 6. The summed E-state index contributed by atoms with van der Waals surface area (Å²) in [6, 6.07) is 14.2. The summed E-state index contributed by atoms with van der Waals surface area (Å²) >= 11 is 1.26. The van der Waals surface area contributed by atoms with Gasteiger partial charge < -0.3 is 14.7 Å². The average Bonchev–Trinajstić information content (AvgIpc) is 2.82.